The maximum Gasteiger partial charge on any atom is 0.414 e. The highest BCUT2D eigenvalue weighted by Gasteiger charge is 2.41. The molecule has 3 aromatic carbocycles. The van der Waals surface area contributed by atoms with Gasteiger partial charge in [0.05, 0.1) is 71.5 Å². The molecule has 0 radical (unpaired) electrons. The molecule has 0 spiro atoms. The monoisotopic (exact) mass is 1380 g/mol. The molecule has 0 bridgehead atoms. The summed E-state index contributed by atoms with van der Waals surface area (Å²) in [5, 5.41) is 37.8. The fraction of sp³-hybridized carbons (Fsp3) is 0.356. The molecular formula is C59H53F9N8O19S. The molecule has 3 aromatic heterocycles. The van der Waals surface area contributed by atoms with Gasteiger partial charge in [0, 0.05) is 62.6 Å². The van der Waals surface area contributed by atoms with E-state index >= 15 is 0 Å². The third-order valence-corrected chi connectivity index (χ3v) is 16.8. The topological polar surface area (TPSA) is 330 Å². The number of allylic oxidation sites excluding steroid dienone is 1. The second-order valence-corrected chi connectivity index (χ2v) is 23.7. The molecule has 5 amide bonds. The van der Waals surface area contributed by atoms with Crippen molar-refractivity contribution >= 4 is 73.7 Å². The molecule has 0 saturated carbocycles. The molecule has 0 aliphatic carbocycles. The second kappa shape index (κ2) is 29.7. The molecule has 3 saturated heterocycles. The molecule has 9 heterocycles. The van der Waals surface area contributed by atoms with Gasteiger partial charge in [-0.3, -0.25) is 24.3 Å². The van der Waals surface area contributed by atoms with Crippen LogP contribution < -0.4 is 28.9 Å². The maximum absolute atomic E-state index is 14.9. The summed E-state index contributed by atoms with van der Waals surface area (Å²) < 4.78 is 201. The van der Waals surface area contributed by atoms with Crippen LogP contribution in [0, 0.1) is 52.4 Å². The van der Waals surface area contributed by atoms with Crippen LogP contribution in [0.15, 0.2) is 87.0 Å². The Kier molecular flexibility index (Phi) is 21.2. The Bertz CT molecular complexity index is 4110. The average Bonchev–Trinajstić information content (AvgIpc) is 1.21. The minimum atomic E-state index is -3.32. The predicted octanol–water partition coefficient (Wildman–Crippen LogP) is 6.27. The van der Waals surface area contributed by atoms with Crippen LogP contribution in [-0.4, -0.2) is 194 Å². The number of rotatable bonds is 18. The van der Waals surface area contributed by atoms with Crippen molar-refractivity contribution in [2.24, 2.45) is 0 Å². The number of ether oxygens (including phenoxy) is 6. The quantitative estimate of drug-likeness (QED) is 0.0485. The van der Waals surface area contributed by atoms with Gasteiger partial charge < -0.3 is 67.1 Å². The van der Waals surface area contributed by atoms with E-state index in [9.17, 15) is 77.0 Å². The first-order valence-electron chi connectivity index (χ1n) is 28.7. The molecule has 4 atom stereocenters. The maximum atomic E-state index is 14.9. The summed E-state index contributed by atoms with van der Waals surface area (Å²) in [5.74, 6) is -13.4. The van der Waals surface area contributed by atoms with Gasteiger partial charge in [0.15, 0.2) is 69.2 Å². The van der Waals surface area contributed by atoms with E-state index in [-0.39, 0.29) is 131 Å². The zero-order valence-corrected chi connectivity index (χ0v) is 50.3. The molecule has 3 fully saturated rings. The minimum absolute atomic E-state index is 0.00955. The van der Waals surface area contributed by atoms with E-state index in [2.05, 4.69) is 29.0 Å². The number of aliphatic hydroxyl groups excluding tert-OH is 3. The first-order valence-corrected chi connectivity index (χ1v) is 30.6. The molecule has 6 aromatic rings. The molecule has 6 aliphatic heterocycles. The smallest absolute Gasteiger partial charge is 0.414 e. The van der Waals surface area contributed by atoms with E-state index in [1.54, 1.807) is 0 Å². The van der Waals surface area contributed by atoms with Gasteiger partial charge in [-0.25, -0.2) is 62.3 Å². The Morgan fingerprint density at radius 2 is 0.906 bits per heavy atom. The van der Waals surface area contributed by atoms with Crippen LogP contribution in [-0.2, 0) is 33.6 Å². The van der Waals surface area contributed by atoms with E-state index in [1.165, 1.54) is 65.0 Å². The Morgan fingerprint density at radius 1 is 0.542 bits per heavy atom. The van der Waals surface area contributed by atoms with E-state index in [4.69, 9.17) is 38.6 Å². The molecule has 6 aliphatic rings. The largest absolute Gasteiger partial charge is 0.471 e. The Labute approximate surface area is 535 Å². The van der Waals surface area contributed by atoms with Crippen molar-refractivity contribution < 1.29 is 129 Å². The number of carbonyl (C=O) groups is 5. The lowest BCUT2D eigenvalue weighted by Crippen LogP contribution is -2.42. The van der Waals surface area contributed by atoms with Crippen LogP contribution in [0.5, 0.6) is 17.6 Å². The normalized spacial score (nSPS) is 19.5. The summed E-state index contributed by atoms with van der Waals surface area (Å²) >= 11 is 0. The van der Waals surface area contributed by atoms with Gasteiger partial charge in [-0.05, 0) is 51.5 Å². The van der Waals surface area contributed by atoms with Crippen molar-refractivity contribution in [2.45, 2.75) is 43.7 Å². The summed E-state index contributed by atoms with van der Waals surface area (Å²) in [6.07, 6.45) is 0.649. The average molecular weight is 1380 g/mol. The predicted molar refractivity (Wildman–Crippen MR) is 308 cm³/mol. The Balaban J connectivity index is 0.000000157. The van der Waals surface area contributed by atoms with Gasteiger partial charge >= 0.3 is 18.3 Å². The van der Waals surface area contributed by atoms with Gasteiger partial charge in [-0.1, -0.05) is 18.2 Å². The third-order valence-electron chi connectivity index (χ3n) is 15.3. The number of aromatic nitrogens is 3. The molecule has 96 heavy (non-hydrogen) atoms. The summed E-state index contributed by atoms with van der Waals surface area (Å²) in [4.78, 5) is 64.8. The van der Waals surface area contributed by atoms with E-state index in [0.717, 1.165) is 20.8 Å². The van der Waals surface area contributed by atoms with Crippen LogP contribution in [0.3, 0.4) is 0 Å². The molecule has 3 N–H and O–H groups in total. The molecule has 27 nitrogen and oxygen atoms in total. The highest BCUT2D eigenvalue weighted by atomic mass is 32.2. The number of sulfone groups is 1. The van der Waals surface area contributed by atoms with Crippen LogP contribution in [0.1, 0.15) is 36.0 Å². The van der Waals surface area contributed by atoms with E-state index in [0.29, 0.717) is 12.1 Å². The first kappa shape index (κ1) is 68.7. The summed E-state index contributed by atoms with van der Waals surface area (Å²) in [7, 11) is -3.32. The first-order chi connectivity index (χ1) is 45.9. The number of nitrogens with zero attached hydrogens (tertiary/aromatic N) is 8. The van der Waals surface area contributed by atoms with E-state index in [1.807, 2.05) is 0 Å². The van der Waals surface area contributed by atoms with Gasteiger partial charge in [0.1, 0.15) is 62.7 Å². The van der Waals surface area contributed by atoms with Crippen LogP contribution in [0.4, 0.5) is 71.0 Å². The highest BCUT2D eigenvalue weighted by molar-refractivity contribution is 7.91. The third kappa shape index (κ3) is 15.3. The van der Waals surface area contributed by atoms with Crippen molar-refractivity contribution in [1.82, 2.24) is 25.3 Å². The lowest BCUT2D eigenvalue weighted by molar-refractivity contribution is -0.141. The van der Waals surface area contributed by atoms with E-state index < -0.39 is 164 Å². The number of benzene rings is 3. The van der Waals surface area contributed by atoms with Gasteiger partial charge in [-0.15, -0.1) is 0 Å². The molecule has 37 heteroatoms. The summed E-state index contributed by atoms with van der Waals surface area (Å²) in [6.45, 7) is -2.32. The fourth-order valence-electron chi connectivity index (χ4n) is 10.5. The van der Waals surface area contributed by atoms with Crippen molar-refractivity contribution in [3.8, 4) is 17.6 Å². The van der Waals surface area contributed by atoms with Crippen LogP contribution in [0.2, 0.25) is 0 Å². The zero-order valence-electron chi connectivity index (χ0n) is 49.5. The number of amides is 5. The second-order valence-electron chi connectivity index (χ2n) is 21.5. The molecule has 512 valence electrons. The van der Waals surface area contributed by atoms with Gasteiger partial charge in [0.25, 0.3) is 23.5 Å². The van der Waals surface area contributed by atoms with Crippen LogP contribution >= 0.6 is 0 Å². The van der Waals surface area contributed by atoms with Crippen molar-refractivity contribution in [3.63, 3.8) is 0 Å². The summed E-state index contributed by atoms with van der Waals surface area (Å²) in [5.41, 5.74) is -3.24. The van der Waals surface area contributed by atoms with Gasteiger partial charge in [-0.2, -0.15) is 0 Å². The molecule has 0 unspecified atom stereocenters. The molecular weight excluding hydrogens is 1330 g/mol. The zero-order chi connectivity index (χ0) is 68.7. The van der Waals surface area contributed by atoms with Crippen molar-refractivity contribution in [3.05, 3.63) is 142 Å². The van der Waals surface area contributed by atoms with Crippen molar-refractivity contribution in [1.29, 1.82) is 0 Å². The minimum Gasteiger partial charge on any atom is -0.471 e. The number of cyclic esters (lactones) is 3. The number of hydrogen-bond donors (Lipinski definition) is 3. The fourth-order valence-corrected chi connectivity index (χ4v) is 11.7. The lowest BCUT2D eigenvalue weighted by Gasteiger charge is -2.28. The Morgan fingerprint density at radius 3 is 1.21 bits per heavy atom. The van der Waals surface area contributed by atoms with Gasteiger partial charge in [0.2, 0.25) is 5.91 Å². The standard InChI is InChI=1S/C21H20F3N3O7.C20H18F3N3O6.C18H15F3N2O6S/c22-13-7-14(27-8-12(34-21(27)31)10-32-16-3-6-33-25-16)18(23)19(24)17(13)11-1-4-26(5-2-11)20(30)15(29)9-28;21-13-7-14(26-8-12(32-20(26)29)10-30-15-3-6-31-24-15)18(22)19(23)17(13)11-1-4-25(5-2-11)16(28)9-27;19-12-7-13(16(20)17(21)15(12)10-2-5-30(25,26)6-3-10)23-8-11(29-18(23)24)9-27-14-1-4-28-22-14/h1,3,6-7,12,15,28-29H,2,4-5,8-10H2;1,3,6-7,12,27H,2,4-5,8-10H2;1-2,4,7,11H,3,5-6,8-9H2/t12-,15+;12-;11-/m111/s1. The number of aliphatic hydroxyl groups is 3. The Hall–Kier alpha value is -10.1. The summed E-state index contributed by atoms with van der Waals surface area (Å²) in [6, 6.07) is 6.45. The number of anilines is 3. The SMILES string of the molecule is O=C(CO)N1CC=C(c2c(F)cc(N3C[C@H](COc4ccon4)OC3=O)c(F)c2F)CC1.O=C([C@@H](O)CO)N1CC=C(c2c(F)cc(N3C[C@H](COc4ccon4)OC3=O)c(F)c2F)CC1.O=C1O[C@@H](COc2ccon2)CN1c1cc(F)c(C2=CCS(=O)(=O)CC2)c(F)c1F. The van der Waals surface area contributed by atoms with Crippen molar-refractivity contribution in [2.75, 3.05) is 105 Å². The molecule has 12 rings (SSSR count). The van der Waals surface area contributed by atoms with Crippen LogP contribution in [0.25, 0.3) is 16.7 Å². The highest BCUT2D eigenvalue weighted by Crippen LogP contribution is 2.39. The number of carbonyl (C=O) groups excluding carboxylic acids is 5. The number of halogens is 9. The number of hydrogen-bond acceptors (Lipinski definition) is 22. The lowest BCUT2D eigenvalue weighted by atomic mass is 9.97.